The van der Waals surface area contributed by atoms with Crippen molar-refractivity contribution in [2.45, 2.75) is 16.6 Å². The molecule has 0 atom stereocenters. The first-order valence-electron chi connectivity index (χ1n) is 9.62. The third-order valence-corrected chi connectivity index (χ3v) is 6.47. The van der Waals surface area contributed by atoms with Gasteiger partial charge in [-0.3, -0.25) is 0 Å². The predicted octanol–water partition coefficient (Wildman–Crippen LogP) is 6.71. The fourth-order valence-corrected chi connectivity index (χ4v) is 4.09. The maximum atomic E-state index is 13.3. The van der Waals surface area contributed by atoms with Crippen molar-refractivity contribution < 1.29 is 34.8 Å². The lowest BCUT2D eigenvalue weighted by Crippen LogP contribution is -2.23. The lowest BCUT2D eigenvalue weighted by Gasteiger charge is -2.12. The van der Waals surface area contributed by atoms with Crippen LogP contribution in [0.1, 0.15) is 17.0 Å². The molecule has 4 nitrogen and oxygen atoms in total. The molecule has 0 fully saturated rings. The Morgan fingerprint density at radius 2 is 1.50 bits per heavy atom. The van der Waals surface area contributed by atoms with Gasteiger partial charge in [-0.1, -0.05) is 42.5 Å². The van der Waals surface area contributed by atoms with Gasteiger partial charge in [-0.15, -0.1) is 0 Å². The monoisotopic (exact) mass is 496 g/mol. The van der Waals surface area contributed by atoms with Gasteiger partial charge in [0.2, 0.25) is 0 Å². The van der Waals surface area contributed by atoms with Gasteiger partial charge in [-0.2, -0.15) is 26.3 Å². The highest BCUT2D eigenvalue weighted by Gasteiger charge is 2.46. The fraction of sp³-hybridized carbons (Fsp3) is 0.0870. The Morgan fingerprint density at radius 1 is 0.824 bits per heavy atom. The van der Waals surface area contributed by atoms with E-state index in [1.54, 1.807) is 12.1 Å². The van der Waals surface area contributed by atoms with Crippen molar-refractivity contribution in [3.05, 3.63) is 83.7 Å². The molecule has 176 valence electrons. The van der Waals surface area contributed by atoms with Crippen molar-refractivity contribution in [3.63, 3.8) is 0 Å². The van der Waals surface area contributed by atoms with Crippen LogP contribution in [0.4, 0.5) is 26.3 Å². The van der Waals surface area contributed by atoms with E-state index in [2.05, 4.69) is 9.97 Å². The number of fused-ring (bicyclic) bond motifs is 1. The summed E-state index contributed by atoms with van der Waals surface area (Å²) in [5.41, 5.74) is -4.37. The van der Waals surface area contributed by atoms with Crippen LogP contribution in [0, 0.1) is 0 Å². The molecule has 0 bridgehead atoms. The molecular weight excluding hydrogens is 482 g/mol. The summed E-state index contributed by atoms with van der Waals surface area (Å²) in [6, 6.07) is 14.0. The Bertz CT molecular complexity index is 1480. The molecule has 0 saturated heterocycles. The van der Waals surface area contributed by atoms with E-state index >= 15 is 0 Å². The Morgan fingerprint density at radius 3 is 2.15 bits per heavy atom. The van der Waals surface area contributed by atoms with Crippen LogP contribution in [0.3, 0.4) is 0 Å². The molecule has 1 aromatic heterocycles. The van der Waals surface area contributed by atoms with Gasteiger partial charge >= 0.3 is 11.7 Å². The normalized spacial score (nSPS) is 13.1. The van der Waals surface area contributed by atoms with E-state index in [1.165, 1.54) is 48.6 Å². The van der Waals surface area contributed by atoms with Crippen LogP contribution in [-0.2, 0) is 16.0 Å². The van der Waals surface area contributed by atoms with E-state index < -0.39 is 32.0 Å². The molecule has 0 aliphatic carbocycles. The molecule has 0 aliphatic rings. The highest BCUT2D eigenvalue weighted by Crippen LogP contribution is 2.37. The van der Waals surface area contributed by atoms with Crippen molar-refractivity contribution >= 4 is 33.0 Å². The molecule has 4 aromatic rings. The number of hydrogen-bond acceptors (Lipinski definition) is 3. The van der Waals surface area contributed by atoms with Crippen molar-refractivity contribution in [2.24, 2.45) is 0 Å². The zero-order chi connectivity index (χ0) is 24.7. The Balaban J connectivity index is 1.61. The number of H-pyrrole nitrogens is 1. The second-order valence-corrected chi connectivity index (χ2v) is 9.19. The Labute approximate surface area is 189 Å². The first-order valence-corrected chi connectivity index (χ1v) is 11.1. The molecule has 0 aliphatic heterocycles. The number of sulfone groups is 1. The first kappa shape index (κ1) is 23.6. The van der Waals surface area contributed by atoms with E-state index in [0.29, 0.717) is 28.0 Å². The molecular formula is C23H14F6N2O2S. The molecule has 34 heavy (non-hydrogen) atoms. The average Bonchev–Trinajstić information content (AvgIpc) is 3.19. The third-order valence-electron chi connectivity index (χ3n) is 4.97. The first-order chi connectivity index (χ1) is 15.9. The number of alkyl halides is 6. The third kappa shape index (κ3) is 4.56. The highest BCUT2D eigenvalue weighted by molar-refractivity contribution is 7.92. The van der Waals surface area contributed by atoms with Crippen molar-refractivity contribution in [3.8, 4) is 11.1 Å². The Kier molecular flexibility index (Phi) is 5.76. The van der Waals surface area contributed by atoms with Gasteiger partial charge < -0.3 is 4.98 Å². The summed E-state index contributed by atoms with van der Waals surface area (Å²) in [5, 5.41) is 0. The average molecular weight is 496 g/mol. The summed E-state index contributed by atoms with van der Waals surface area (Å²) >= 11 is 0. The van der Waals surface area contributed by atoms with E-state index in [1.807, 2.05) is 0 Å². The summed E-state index contributed by atoms with van der Waals surface area (Å²) in [5.74, 6) is 0.350. The number of nitrogens with one attached hydrogen (secondary N) is 1. The number of aromatic amines is 1. The van der Waals surface area contributed by atoms with Gasteiger partial charge in [0.15, 0.2) is 0 Å². The van der Waals surface area contributed by atoms with Crippen molar-refractivity contribution in [1.29, 1.82) is 0 Å². The summed E-state index contributed by atoms with van der Waals surface area (Å²) < 4.78 is 101. The highest BCUT2D eigenvalue weighted by atomic mass is 32.2. The van der Waals surface area contributed by atoms with Crippen LogP contribution in [-0.4, -0.2) is 23.9 Å². The lowest BCUT2D eigenvalue weighted by atomic mass is 9.99. The number of nitrogens with zero attached hydrogens (tertiary/aromatic N) is 1. The molecule has 0 radical (unpaired) electrons. The minimum atomic E-state index is -5.43. The molecule has 1 N–H and O–H groups in total. The summed E-state index contributed by atoms with van der Waals surface area (Å²) in [6.07, 6.45) is -1.50. The maximum Gasteiger partial charge on any atom is 0.501 e. The van der Waals surface area contributed by atoms with Crippen LogP contribution in [0.15, 0.2) is 71.6 Å². The van der Waals surface area contributed by atoms with Gasteiger partial charge in [-0.25, -0.2) is 13.4 Å². The molecule has 4 rings (SSSR count). The lowest BCUT2D eigenvalue weighted by molar-refractivity contribution is -0.137. The van der Waals surface area contributed by atoms with Crippen molar-refractivity contribution in [2.75, 3.05) is 0 Å². The van der Waals surface area contributed by atoms with E-state index in [-0.39, 0.29) is 5.56 Å². The smallest absolute Gasteiger partial charge is 0.338 e. The van der Waals surface area contributed by atoms with Gasteiger partial charge in [0.1, 0.15) is 5.82 Å². The quantitative estimate of drug-likeness (QED) is 0.320. The van der Waals surface area contributed by atoms with Crippen LogP contribution in [0.2, 0.25) is 0 Å². The number of hydrogen-bond donors (Lipinski definition) is 1. The van der Waals surface area contributed by atoms with Gasteiger partial charge in [0.25, 0.3) is 9.84 Å². The van der Waals surface area contributed by atoms with E-state index in [4.69, 9.17) is 0 Å². The van der Waals surface area contributed by atoms with Gasteiger partial charge in [0.05, 0.1) is 21.5 Å². The number of benzene rings is 3. The number of halogens is 6. The number of aromatic nitrogens is 2. The van der Waals surface area contributed by atoms with Gasteiger partial charge in [0, 0.05) is 0 Å². The second kappa shape index (κ2) is 8.32. The molecule has 0 spiro atoms. The van der Waals surface area contributed by atoms with Crippen LogP contribution in [0.25, 0.3) is 34.3 Å². The number of imidazole rings is 1. The molecule has 11 heteroatoms. The van der Waals surface area contributed by atoms with Crippen LogP contribution in [0.5, 0.6) is 0 Å². The second-order valence-electron chi connectivity index (χ2n) is 7.25. The summed E-state index contributed by atoms with van der Waals surface area (Å²) in [7, 11) is -5.43. The topological polar surface area (TPSA) is 62.8 Å². The molecule has 1 heterocycles. The molecule has 0 unspecified atom stereocenters. The molecule has 3 aromatic carbocycles. The summed E-state index contributed by atoms with van der Waals surface area (Å²) in [4.78, 5) is 6.41. The zero-order valence-corrected chi connectivity index (χ0v) is 17.8. The SMILES string of the molecule is O=S(=O)(c1ccc(/C=C/c2nc3ccc(-c4ccccc4C(F)(F)F)cc3[nH]2)cc1)C(F)(F)F. The van der Waals surface area contributed by atoms with Crippen LogP contribution < -0.4 is 0 Å². The largest absolute Gasteiger partial charge is 0.501 e. The standard InChI is InChI=1S/C23H14F6N2O2S/c24-22(25,26)18-4-2-1-3-17(18)15-8-11-19-20(13-15)31-21(30-19)12-7-14-5-9-16(10-6-14)34(32,33)23(27,28)29/h1-13H,(H,30,31)/b12-7+. The minimum absolute atomic E-state index is 0.0255. The predicted molar refractivity (Wildman–Crippen MR) is 115 cm³/mol. The molecule has 0 amide bonds. The van der Waals surface area contributed by atoms with Crippen LogP contribution >= 0.6 is 0 Å². The zero-order valence-electron chi connectivity index (χ0n) is 16.9. The summed E-state index contributed by atoms with van der Waals surface area (Å²) in [6.45, 7) is 0. The minimum Gasteiger partial charge on any atom is -0.338 e. The maximum absolute atomic E-state index is 13.3. The van der Waals surface area contributed by atoms with Crippen molar-refractivity contribution in [1.82, 2.24) is 9.97 Å². The van der Waals surface area contributed by atoms with E-state index in [0.717, 1.165) is 18.2 Å². The molecule has 0 saturated carbocycles. The fourth-order valence-electron chi connectivity index (χ4n) is 3.32. The number of rotatable bonds is 4. The van der Waals surface area contributed by atoms with Gasteiger partial charge in [-0.05, 0) is 53.1 Å². The Hall–Kier alpha value is -3.60. The van der Waals surface area contributed by atoms with E-state index in [9.17, 15) is 34.8 Å².